The topological polar surface area (TPSA) is 92.8 Å². The van der Waals surface area contributed by atoms with Crippen molar-refractivity contribution in [1.82, 2.24) is 14.7 Å². The predicted molar refractivity (Wildman–Crippen MR) is 129 cm³/mol. The summed E-state index contributed by atoms with van der Waals surface area (Å²) < 4.78 is 12.9. The van der Waals surface area contributed by atoms with E-state index in [-0.39, 0.29) is 11.7 Å². The standard InChI is InChI=1S/C26H28N4O4/c1-29-16-18(15-27-29)17-30-11-9-26(32,10-12-30)20-7-8-22-19(13-20)14-24(34-22)25(31)28-21-5-3-4-6-23(21)33-2/h3-8,13-16,32H,9-12,17H2,1-2H3,(H,28,31). The highest BCUT2D eigenvalue weighted by Gasteiger charge is 2.34. The highest BCUT2D eigenvalue weighted by atomic mass is 16.5. The van der Waals surface area contributed by atoms with E-state index in [4.69, 9.17) is 9.15 Å². The van der Waals surface area contributed by atoms with Crippen LogP contribution in [0, 0.1) is 0 Å². The molecular weight excluding hydrogens is 432 g/mol. The fraction of sp³-hybridized carbons (Fsp3) is 0.308. The molecule has 0 spiro atoms. The van der Waals surface area contributed by atoms with E-state index < -0.39 is 5.60 Å². The minimum Gasteiger partial charge on any atom is -0.495 e. The van der Waals surface area contributed by atoms with Crippen molar-refractivity contribution in [1.29, 1.82) is 0 Å². The summed E-state index contributed by atoms with van der Waals surface area (Å²) in [5, 5.41) is 19.2. The Morgan fingerprint density at radius 1 is 1.21 bits per heavy atom. The van der Waals surface area contributed by atoms with E-state index in [2.05, 4.69) is 15.3 Å². The Morgan fingerprint density at radius 2 is 2.00 bits per heavy atom. The molecule has 176 valence electrons. The van der Waals surface area contributed by atoms with Gasteiger partial charge in [-0.1, -0.05) is 18.2 Å². The van der Waals surface area contributed by atoms with Gasteiger partial charge in [-0.3, -0.25) is 14.4 Å². The summed E-state index contributed by atoms with van der Waals surface area (Å²) >= 11 is 0. The Hall–Kier alpha value is -3.62. The number of piperidine rings is 1. The lowest BCUT2D eigenvalue weighted by atomic mass is 9.84. The second kappa shape index (κ2) is 8.96. The highest BCUT2D eigenvalue weighted by molar-refractivity contribution is 6.05. The van der Waals surface area contributed by atoms with Crippen LogP contribution in [-0.4, -0.2) is 45.9 Å². The van der Waals surface area contributed by atoms with Gasteiger partial charge in [0.15, 0.2) is 5.76 Å². The number of rotatable bonds is 6. The Bertz CT molecular complexity index is 1320. The van der Waals surface area contributed by atoms with Gasteiger partial charge >= 0.3 is 0 Å². The van der Waals surface area contributed by atoms with E-state index >= 15 is 0 Å². The molecule has 8 nitrogen and oxygen atoms in total. The summed E-state index contributed by atoms with van der Waals surface area (Å²) in [6, 6.07) is 14.6. The molecule has 2 aromatic carbocycles. The molecule has 0 aliphatic carbocycles. The minimum atomic E-state index is -0.906. The number of likely N-dealkylation sites (tertiary alicyclic amines) is 1. The van der Waals surface area contributed by atoms with Crippen molar-refractivity contribution in [3.63, 3.8) is 0 Å². The molecule has 0 atom stereocenters. The number of nitrogens with one attached hydrogen (secondary N) is 1. The number of fused-ring (bicyclic) bond motifs is 1. The fourth-order valence-electron chi connectivity index (χ4n) is 4.56. The van der Waals surface area contributed by atoms with Crippen LogP contribution >= 0.6 is 0 Å². The Labute approximate surface area is 197 Å². The number of carbonyl (C=O) groups excluding carboxylic acids is 1. The van der Waals surface area contributed by atoms with Gasteiger partial charge in [-0.2, -0.15) is 5.10 Å². The maximum atomic E-state index is 12.8. The number of para-hydroxylation sites is 2. The number of aliphatic hydroxyl groups is 1. The summed E-state index contributed by atoms with van der Waals surface area (Å²) in [5.74, 6) is 0.423. The van der Waals surface area contributed by atoms with Gasteiger partial charge in [0.1, 0.15) is 11.3 Å². The molecule has 0 radical (unpaired) electrons. The number of anilines is 1. The first-order valence-corrected chi connectivity index (χ1v) is 11.3. The molecule has 0 unspecified atom stereocenters. The maximum absolute atomic E-state index is 12.8. The number of benzene rings is 2. The molecule has 5 rings (SSSR count). The maximum Gasteiger partial charge on any atom is 0.291 e. The Morgan fingerprint density at radius 3 is 2.74 bits per heavy atom. The summed E-state index contributed by atoms with van der Waals surface area (Å²) in [7, 11) is 3.47. The molecule has 34 heavy (non-hydrogen) atoms. The molecule has 1 aliphatic rings. The van der Waals surface area contributed by atoms with Crippen LogP contribution in [0.4, 0.5) is 5.69 Å². The average Bonchev–Trinajstić information content (AvgIpc) is 3.46. The first-order chi connectivity index (χ1) is 16.4. The van der Waals surface area contributed by atoms with Crippen LogP contribution in [0.1, 0.15) is 34.5 Å². The molecule has 1 fully saturated rings. The van der Waals surface area contributed by atoms with E-state index in [1.54, 1.807) is 30.0 Å². The van der Waals surface area contributed by atoms with Crippen molar-refractivity contribution >= 4 is 22.6 Å². The van der Waals surface area contributed by atoms with Crippen LogP contribution in [0.3, 0.4) is 0 Å². The van der Waals surface area contributed by atoms with Crippen molar-refractivity contribution < 1.29 is 19.1 Å². The van der Waals surface area contributed by atoms with E-state index in [1.807, 2.05) is 49.8 Å². The van der Waals surface area contributed by atoms with Gasteiger partial charge in [-0.15, -0.1) is 0 Å². The number of aromatic nitrogens is 2. The third-order valence-corrected chi connectivity index (χ3v) is 6.48. The summed E-state index contributed by atoms with van der Waals surface area (Å²) in [6.07, 6.45) is 5.18. The van der Waals surface area contributed by atoms with E-state index in [9.17, 15) is 9.90 Å². The van der Waals surface area contributed by atoms with Crippen molar-refractivity contribution in [2.24, 2.45) is 7.05 Å². The normalized spacial score (nSPS) is 16.0. The van der Waals surface area contributed by atoms with E-state index in [0.29, 0.717) is 29.9 Å². The van der Waals surface area contributed by atoms with Crippen molar-refractivity contribution in [3.05, 3.63) is 77.8 Å². The molecule has 1 amide bonds. The third-order valence-electron chi connectivity index (χ3n) is 6.48. The summed E-state index contributed by atoms with van der Waals surface area (Å²) in [5.41, 5.74) is 2.29. The number of hydrogen-bond donors (Lipinski definition) is 2. The molecule has 8 heteroatoms. The van der Waals surface area contributed by atoms with Gasteiger partial charge in [0, 0.05) is 43.8 Å². The Balaban J connectivity index is 1.29. The van der Waals surface area contributed by atoms with Crippen molar-refractivity contribution in [2.45, 2.75) is 25.0 Å². The van der Waals surface area contributed by atoms with Crippen molar-refractivity contribution in [3.8, 4) is 5.75 Å². The van der Waals surface area contributed by atoms with Gasteiger partial charge in [0.2, 0.25) is 0 Å². The second-order valence-electron chi connectivity index (χ2n) is 8.85. The number of ether oxygens (including phenoxy) is 1. The highest BCUT2D eigenvalue weighted by Crippen LogP contribution is 2.35. The van der Waals surface area contributed by atoms with Crippen LogP contribution in [0.15, 0.2) is 65.3 Å². The zero-order valence-corrected chi connectivity index (χ0v) is 19.3. The van der Waals surface area contributed by atoms with Crippen LogP contribution in [0.2, 0.25) is 0 Å². The fourth-order valence-corrected chi connectivity index (χ4v) is 4.56. The van der Waals surface area contributed by atoms with Crippen LogP contribution in [0.25, 0.3) is 11.0 Å². The van der Waals surface area contributed by atoms with E-state index in [1.165, 1.54) is 5.56 Å². The number of amides is 1. The zero-order valence-electron chi connectivity index (χ0n) is 19.3. The number of aryl methyl sites for hydroxylation is 1. The Kier molecular flexibility index (Phi) is 5.85. The molecular formula is C26H28N4O4. The first kappa shape index (κ1) is 22.2. The van der Waals surface area contributed by atoms with Gasteiger partial charge in [0.05, 0.1) is 24.6 Å². The number of nitrogens with zero attached hydrogens (tertiary/aromatic N) is 3. The van der Waals surface area contributed by atoms with Crippen LogP contribution < -0.4 is 10.1 Å². The number of methoxy groups -OCH3 is 1. The zero-order chi connectivity index (χ0) is 23.7. The number of hydrogen-bond acceptors (Lipinski definition) is 6. The summed E-state index contributed by atoms with van der Waals surface area (Å²) in [4.78, 5) is 15.1. The quantitative estimate of drug-likeness (QED) is 0.453. The molecule has 3 heterocycles. The predicted octanol–water partition coefficient (Wildman–Crippen LogP) is 3.91. The van der Waals surface area contributed by atoms with Crippen LogP contribution in [0.5, 0.6) is 5.75 Å². The van der Waals surface area contributed by atoms with Gasteiger partial charge in [-0.05, 0) is 48.7 Å². The molecule has 0 saturated carbocycles. The van der Waals surface area contributed by atoms with Gasteiger partial charge < -0.3 is 19.6 Å². The number of carbonyl (C=O) groups is 1. The second-order valence-corrected chi connectivity index (χ2v) is 8.85. The van der Waals surface area contributed by atoms with Gasteiger partial charge in [0.25, 0.3) is 5.91 Å². The lowest BCUT2D eigenvalue weighted by Gasteiger charge is -2.38. The lowest BCUT2D eigenvalue weighted by Crippen LogP contribution is -2.42. The van der Waals surface area contributed by atoms with Crippen LogP contribution in [-0.2, 0) is 19.2 Å². The molecule has 4 aromatic rings. The lowest BCUT2D eigenvalue weighted by molar-refractivity contribution is -0.0276. The van der Waals surface area contributed by atoms with E-state index in [0.717, 1.165) is 30.6 Å². The molecule has 0 bridgehead atoms. The first-order valence-electron chi connectivity index (χ1n) is 11.3. The molecule has 1 saturated heterocycles. The smallest absolute Gasteiger partial charge is 0.291 e. The number of furan rings is 1. The third kappa shape index (κ3) is 4.42. The molecule has 1 aliphatic heterocycles. The monoisotopic (exact) mass is 460 g/mol. The molecule has 2 aromatic heterocycles. The minimum absolute atomic E-state index is 0.205. The summed E-state index contributed by atoms with van der Waals surface area (Å²) in [6.45, 7) is 2.41. The van der Waals surface area contributed by atoms with Crippen molar-refractivity contribution in [2.75, 3.05) is 25.5 Å². The largest absolute Gasteiger partial charge is 0.495 e. The average molecular weight is 461 g/mol. The SMILES string of the molecule is COc1ccccc1NC(=O)c1cc2cc(C3(O)CCN(Cc4cnn(C)c4)CC3)ccc2o1. The van der Waals surface area contributed by atoms with Gasteiger partial charge in [-0.25, -0.2) is 0 Å². The molecule has 2 N–H and O–H groups in total.